The molecule has 1 aliphatic heterocycles. The molecule has 0 spiro atoms. The van der Waals surface area contributed by atoms with Crippen molar-refractivity contribution >= 4 is 14.0 Å². The van der Waals surface area contributed by atoms with Crippen molar-refractivity contribution in [3.8, 4) is 0 Å². The summed E-state index contributed by atoms with van der Waals surface area (Å²) in [4.78, 5) is 10.8. The molecular formula is C6H13NOSi. The maximum Gasteiger partial charge on any atom is 0.222 e. The maximum absolute atomic E-state index is 10.8. The first kappa shape index (κ1) is 6.80. The molecule has 52 valence electrons. The third-order valence-electron chi connectivity index (χ3n) is 1.84. The second-order valence-electron chi connectivity index (χ2n) is 3.66. The Morgan fingerprint density at radius 3 is 2.11 bits per heavy atom. The van der Waals surface area contributed by atoms with E-state index < -0.39 is 8.07 Å². The summed E-state index contributed by atoms with van der Waals surface area (Å²) in [6.45, 7) is 7.62. The van der Waals surface area contributed by atoms with Gasteiger partial charge in [0.1, 0.15) is 0 Å². The predicted octanol–water partition coefficient (Wildman–Crippen LogP) is 0.825. The lowest BCUT2D eigenvalue weighted by atomic mass is 10.3. The highest BCUT2D eigenvalue weighted by Crippen LogP contribution is 2.25. The molecule has 2 nitrogen and oxygen atoms in total. The van der Waals surface area contributed by atoms with Crippen LogP contribution in [-0.4, -0.2) is 20.5 Å². The monoisotopic (exact) mass is 143 g/mol. The minimum atomic E-state index is -1.15. The zero-order chi connectivity index (χ0) is 7.07. The van der Waals surface area contributed by atoms with E-state index in [1.807, 2.05) is 0 Å². The van der Waals surface area contributed by atoms with Crippen LogP contribution in [0.1, 0.15) is 0 Å². The quantitative estimate of drug-likeness (QED) is 0.427. The molecule has 1 saturated heterocycles. The Balaban J connectivity index is 2.54. The average Bonchev–Trinajstić information content (AvgIpc) is 1.57. The Kier molecular flexibility index (Phi) is 1.39. The van der Waals surface area contributed by atoms with E-state index >= 15 is 0 Å². The number of hydrogen-bond donors (Lipinski definition) is 1. The highest BCUT2D eigenvalue weighted by molar-refractivity contribution is 6.81. The summed E-state index contributed by atoms with van der Waals surface area (Å²) in [5, 5.41) is 2.76. The molecule has 1 unspecified atom stereocenters. The molecule has 0 aliphatic carbocycles. The molecule has 1 N–H and O–H groups in total. The molecule has 0 bridgehead atoms. The van der Waals surface area contributed by atoms with Gasteiger partial charge < -0.3 is 5.32 Å². The highest BCUT2D eigenvalue weighted by atomic mass is 28.3. The van der Waals surface area contributed by atoms with Crippen LogP contribution in [0.5, 0.6) is 0 Å². The normalized spacial score (nSPS) is 27.0. The van der Waals surface area contributed by atoms with Crippen molar-refractivity contribution in [3.63, 3.8) is 0 Å². The molecule has 0 aromatic carbocycles. The van der Waals surface area contributed by atoms with Gasteiger partial charge in [0, 0.05) is 12.1 Å². The van der Waals surface area contributed by atoms with E-state index in [2.05, 4.69) is 25.0 Å². The highest BCUT2D eigenvalue weighted by Gasteiger charge is 2.38. The maximum atomic E-state index is 10.8. The average molecular weight is 143 g/mol. The van der Waals surface area contributed by atoms with Gasteiger partial charge in [-0.15, -0.1) is 0 Å². The molecule has 3 heteroatoms. The third kappa shape index (κ3) is 1.15. The Hall–Kier alpha value is -0.313. The zero-order valence-electron chi connectivity index (χ0n) is 6.19. The number of rotatable bonds is 1. The number of hydrogen-bond acceptors (Lipinski definition) is 1. The van der Waals surface area contributed by atoms with E-state index in [0.717, 1.165) is 6.54 Å². The van der Waals surface area contributed by atoms with Crippen molar-refractivity contribution in [2.75, 3.05) is 6.54 Å². The van der Waals surface area contributed by atoms with E-state index in [9.17, 15) is 4.79 Å². The van der Waals surface area contributed by atoms with E-state index in [0.29, 0.717) is 5.54 Å². The van der Waals surface area contributed by atoms with Gasteiger partial charge in [-0.25, -0.2) is 0 Å². The molecule has 1 heterocycles. The summed E-state index contributed by atoms with van der Waals surface area (Å²) in [5.41, 5.74) is 0.387. The van der Waals surface area contributed by atoms with E-state index in [4.69, 9.17) is 0 Å². The SMILES string of the molecule is C[Si](C)(C)C1CNC1=O. The fourth-order valence-electron chi connectivity index (χ4n) is 0.987. The van der Waals surface area contributed by atoms with Crippen LogP contribution in [0.25, 0.3) is 0 Å². The van der Waals surface area contributed by atoms with Crippen molar-refractivity contribution in [3.05, 3.63) is 0 Å². The number of β-lactam (4-membered cyclic amide) rings is 1. The Morgan fingerprint density at radius 1 is 1.56 bits per heavy atom. The minimum Gasteiger partial charge on any atom is -0.356 e. The van der Waals surface area contributed by atoms with Gasteiger partial charge in [0.2, 0.25) is 5.91 Å². The van der Waals surface area contributed by atoms with E-state index in [-0.39, 0.29) is 5.91 Å². The molecule has 0 aromatic heterocycles. The molecule has 1 atom stereocenters. The number of amides is 1. The van der Waals surface area contributed by atoms with Crippen molar-refractivity contribution < 1.29 is 4.79 Å². The fraction of sp³-hybridized carbons (Fsp3) is 0.833. The van der Waals surface area contributed by atoms with Crippen LogP contribution >= 0.6 is 0 Å². The van der Waals surface area contributed by atoms with Crippen LogP contribution in [-0.2, 0) is 4.79 Å². The van der Waals surface area contributed by atoms with Crippen LogP contribution in [0.4, 0.5) is 0 Å². The molecule has 0 saturated carbocycles. The molecule has 1 amide bonds. The van der Waals surface area contributed by atoms with Gasteiger partial charge >= 0.3 is 0 Å². The predicted molar refractivity (Wildman–Crippen MR) is 40.1 cm³/mol. The molecule has 9 heavy (non-hydrogen) atoms. The van der Waals surface area contributed by atoms with Crippen LogP contribution in [0, 0.1) is 0 Å². The van der Waals surface area contributed by atoms with Gasteiger partial charge in [-0.1, -0.05) is 19.6 Å². The number of carbonyl (C=O) groups excluding carboxylic acids is 1. The van der Waals surface area contributed by atoms with Crippen molar-refractivity contribution in [1.29, 1.82) is 0 Å². The second-order valence-corrected chi connectivity index (χ2v) is 9.09. The van der Waals surface area contributed by atoms with E-state index in [1.54, 1.807) is 0 Å². The molecule has 1 rings (SSSR count). The molecule has 1 aliphatic rings. The summed E-state index contributed by atoms with van der Waals surface area (Å²) < 4.78 is 0. The summed E-state index contributed by atoms with van der Waals surface area (Å²) in [6.07, 6.45) is 0. The Labute approximate surface area is 56.7 Å². The Bertz CT molecular complexity index is 138. The number of nitrogens with one attached hydrogen (secondary N) is 1. The summed E-state index contributed by atoms with van der Waals surface area (Å²) >= 11 is 0. The van der Waals surface area contributed by atoms with Crippen molar-refractivity contribution in [1.82, 2.24) is 5.32 Å². The van der Waals surface area contributed by atoms with Crippen LogP contribution in [0.2, 0.25) is 25.2 Å². The molecule has 1 fully saturated rings. The zero-order valence-corrected chi connectivity index (χ0v) is 7.19. The first-order valence-corrected chi connectivity index (χ1v) is 6.87. The first-order chi connectivity index (χ1) is 4.02. The lowest BCUT2D eigenvalue weighted by Crippen LogP contribution is -2.54. The summed E-state index contributed by atoms with van der Waals surface area (Å²) in [5.74, 6) is 0.272. The molecular weight excluding hydrogens is 130 g/mol. The van der Waals surface area contributed by atoms with Gasteiger partial charge in [0.15, 0.2) is 0 Å². The third-order valence-corrected chi connectivity index (χ3v) is 4.40. The van der Waals surface area contributed by atoms with Gasteiger partial charge in [0.25, 0.3) is 0 Å². The van der Waals surface area contributed by atoms with Gasteiger partial charge in [0.05, 0.1) is 8.07 Å². The van der Waals surface area contributed by atoms with Gasteiger partial charge in [-0.05, 0) is 0 Å². The van der Waals surface area contributed by atoms with Crippen LogP contribution in [0.3, 0.4) is 0 Å². The van der Waals surface area contributed by atoms with E-state index in [1.165, 1.54) is 0 Å². The smallest absolute Gasteiger partial charge is 0.222 e. The minimum absolute atomic E-state index is 0.272. The topological polar surface area (TPSA) is 29.1 Å². The van der Waals surface area contributed by atoms with Crippen LogP contribution < -0.4 is 5.32 Å². The van der Waals surface area contributed by atoms with Crippen LogP contribution in [0.15, 0.2) is 0 Å². The lowest BCUT2D eigenvalue weighted by Gasteiger charge is -2.35. The largest absolute Gasteiger partial charge is 0.356 e. The van der Waals surface area contributed by atoms with Crippen molar-refractivity contribution in [2.45, 2.75) is 25.2 Å². The molecule has 0 aromatic rings. The standard InChI is InChI=1S/C6H13NOSi/c1-9(2,3)5-4-7-6(5)8/h5H,4H2,1-3H3,(H,7,8). The van der Waals surface area contributed by atoms with Gasteiger partial charge in [-0.3, -0.25) is 4.79 Å². The number of carbonyl (C=O) groups is 1. The Morgan fingerprint density at radius 2 is 2.11 bits per heavy atom. The molecule has 0 radical (unpaired) electrons. The summed E-state index contributed by atoms with van der Waals surface area (Å²) in [7, 11) is -1.15. The lowest BCUT2D eigenvalue weighted by molar-refractivity contribution is -0.125. The van der Waals surface area contributed by atoms with Crippen molar-refractivity contribution in [2.24, 2.45) is 0 Å². The summed E-state index contributed by atoms with van der Waals surface area (Å²) in [6, 6.07) is 0. The first-order valence-electron chi connectivity index (χ1n) is 3.29. The van der Waals surface area contributed by atoms with Gasteiger partial charge in [-0.2, -0.15) is 0 Å². The second kappa shape index (κ2) is 1.83. The fourth-order valence-corrected chi connectivity index (χ4v) is 2.59.